The number of amides is 1. The van der Waals surface area contributed by atoms with E-state index in [0.717, 1.165) is 0 Å². The van der Waals surface area contributed by atoms with Gasteiger partial charge in [0.05, 0.1) is 12.7 Å². The number of ether oxygens (including phenoxy) is 2. The third-order valence-electron chi connectivity index (χ3n) is 4.38. The molecule has 2 aromatic carbocycles. The van der Waals surface area contributed by atoms with E-state index >= 15 is 0 Å². The van der Waals surface area contributed by atoms with Crippen LogP contribution in [0.3, 0.4) is 0 Å². The van der Waals surface area contributed by atoms with Gasteiger partial charge in [-0.25, -0.2) is 9.59 Å². The molecule has 0 bridgehead atoms. The monoisotopic (exact) mass is 395 g/mol. The fraction of sp³-hybridized carbons (Fsp3) is 0.261. The summed E-state index contributed by atoms with van der Waals surface area (Å²) in [7, 11) is 1.31. The molecule has 29 heavy (non-hydrogen) atoms. The lowest BCUT2D eigenvalue weighted by atomic mass is 10.1. The van der Waals surface area contributed by atoms with Crippen LogP contribution in [0.1, 0.15) is 41.4 Å². The molecule has 0 aliphatic rings. The molecule has 0 spiro atoms. The molecule has 0 aromatic heterocycles. The van der Waals surface area contributed by atoms with Crippen LogP contribution in [-0.4, -0.2) is 42.9 Å². The maximum atomic E-state index is 12.8. The molecule has 1 amide bonds. The predicted octanol–water partition coefficient (Wildman–Crippen LogP) is 3.64. The Morgan fingerprint density at radius 2 is 1.59 bits per heavy atom. The Morgan fingerprint density at radius 3 is 2.14 bits per heavy atom. The number of esters is 2. The van der Waals surface area contributed by atoms with Crippen LogP contribution in [0, 0.1) is 0 Å². The van der Waals surface area contributed by atoms with Crippen LogP contribution < -0.4 is 0 Å². The summed E-state index contributed by atoms with van der Waals surface area (Å²) in [5.41, 5.74) is 1.75. The van der Waals surface area contributed by atoms with E-state index in [1.807, 2.05) is 19.9 Å². The Kier molecular flexibility index (Phi) is 8.15. The lowest BCUT2D eigenvalue weighted by Crippen LogP contribution is -2.36. The van der Waals surface area contributed by atoms with Crippen molar-refractivity contribution in [1.82, 2.24) is 4.90 Å². The summed E-state index contributed by atoms with van der Waals surface area (Å²) >= 11 is 0. The SMILES string of the molecule is CCN(CC)C(=O)[C@@H](OC(=O)/C=C/c1ccc(C(=O)OC)cc1)c1ccccc1. The molecule has 6 nitrogen and oxygen atoms in total. The second-order valence-corrected chi connectivity index (χ2v) is 6.19. The van der Waals surface area contributed by atoms with Gasteiger partial charge in [0, 0.05) is 24.7 Å². The zero-order chi connectivity index (χ0) is 21.2. The Morgan fingerprint density at radius 1 is 0.966 bits per heavy atom. The molecule has 0 fully saturated rings. The Hall–Kier alpha value is -3.41. The highest BCUT2D eigenvalue weighted by atomic mass is 16.5. The number of rotatable bonds is 8. The fourth-order valence-corrected chi connectivity index (χ4v) is 2.76. The van der Waals surface area contributed by atoms with Gasteiger partial charge in [-0.2, -0.15) is 0 Å². The van der Waals surface area contributed by atoms with Crippen LogP contribution in [0.4, 0.5) is 0 Å². The van der Waals surface area contributed by atoms with Crippen LogP contribution in [0.2, 0.25) is 0 Å². The van der Waals surface area contributed by atoms with E-state index in [9.17, 15) is 14.4 Å². The first-order valence-corrected chi connectivity index (χ1v) is 9.40. The van der Waals surface area contributed by atoms with E-state index < -0.39 is 18.0 Å². The van der Waals surface area contributed by atoms with Gasteiger partial charge in [-0.1, -0.05) is 42.5 Å². The van der Waals surface area contributed by atoms with Gasteiger partial charge >= 0.3 is 11.9 Å². The maximum Gasteiger partial charge on any atom is 0.337 e. The summed E-state index contributed by atoms with van der Waals surface area (Å²) in [6.45, 7) is 4.81. The van der Waals surface area contributed by atoms with E-state index in [2.05, 4.69) is 4.74 Å². The molecule has 0 unspecified atom stereocenters. The first-order valence-electron chi connectivity index (χ1n) is 9.40. The summed E-state index contributed by atoms with van der Waals surface area (Å²) in [4.78, 5) is 38.3. The van der Waals surface area contributed by atoms with Crippen molar-refractivity contribution in [3.05, 3.63) is 77.4 Å². The molecule has 2 aromatic rings. The van der Waals surface area contributed by atoms with Gasteiger partial charge in [0.15, 0.2) is 0 Å². The fourth-order valence-electron chi connectivity index (χ4n) is 2.76. The topological polar surface area (TPSA) is 72.9 Å². The molecule has 6 heteroatoms. The quantitative estimate of drug-likeness (QED) is 0.504. The summed E-state index contributed by atoms with van der Waals surface area (Å²) < 4.78 is 10.1. The zero-order valence-electron chi connectivity index (χ0n) is 16.8. The van der Waals surface area contributed by atoms with Crippen molar-refractivity contribution < 1.29 is 23.9 Å². The van der Waals surface area contributed by atoms with Crippen LogP contribution in [0.25, 0.3) is 6.08 Å². The predicted molar refractivity (Wildman–Crippen MR) is 110 cm³/mol. The summed E-state index contributed by atoms with van der Waals surface area (Å²) in [5.74, 6) is -1.32. The Bertz CT molecular complexity index is 855. The van der Waals surface area contributed by atoms with E-state index in [-0.39, 0.29) is 5.91 Å². The number of nitrogens with zero attached hydrogens (tertiary/aromatic N) is 1. The van der Waals surface area contributed by atoms with Crippen LogP contribution in [-0.2, 0) is 19.1 Å². The van der Waals surface area contributed by atoms with E-state index in [1.165, 1.54) is 13.2 Å². The second-order valence-electron chi connectivity index (χ2n) is 6.19. The molecule has 152 valence electrons. The molecular formula is C23H25NO5. The van der Waals surface area contributed by atoms with Gasteiger partial charge < -0.3 is 14.4 Å². The van der Waals surface area contributed by atoms with Crippen LogP contribution in [0.15, 0.2) is 60.7 Å². The van der Waals surface area contributed by atoms with Crippen molar-refractivity contribution in [2.75, 3.05) is 20.2 Å². The average molecular weight is 395 g/mol. The van der Waals surface area contributed by atoms with Gasteiger partial charge in [0.1, 0.15) is 0 Å². The van der Waals surface area contributed by atoms with Crippen molar-refractivity contribution in [2.45, 2.75) is 20.0 Å². The largest absolute Gasteiger partial charge is 0.465 e. The number of carbonyl (C=O) groups excluding carboxylic acids is 3. The third-order valence-corrected chi connectivity index (χ3v) is 4.38. The van der Waals surface area contributed by atoms with Gasteiger partial charge in [-0.05, 0) is 37.6 Å². The molecule has 2 rings (SSSR count). The highest BCUT2D eigenvalue weighted by molar-refractivity contribution is 5.92. The number of hydrogen-bond donors (Lipinski definition) is 0. The molecule has 0 aliphatic heterocycles. The summed E-state index contributed by atoms with van der Waals surface area (Å²) in [6, 6.07) is 15.5. The van der Waals surface area contributed by atoms with Crippen LogP contribution >= 0.6 is 0 Å². The number of methoxy groups -OCH3 is 1. The minimum absolute atomic E-state index is 0.259. The molecule has 0 aliphatic carbocycles. The minimum Gasteiger partial charge on any atom is -0.465 e. The highest BCUT2D eigenvalue weighted by Gasteiger charge is 2.27. The molecule has 0 heterocycles. The van der Waals surface area contributed by atoms with Crippen LogP contribution in [0.5, 0.6) is 0 Å². The molecule has 0 saturated heterocycles. The number of benzene rings is 2. The average Bonchev–Trinajstić information content (AvgIpc) is 2.77. The third kappa shape index (κ3) is 6.04. The summed E-state index contributed by atoms with van der Waals surface area (Å²) in [6.07, 6.45) is 1.82. The number of likely N-dealkylation sites (N-methyl/N-ethyl adjacent to an activating group) is 1. The smallest absolute Gasteiger partial charge is 0.337 e. The van der Waals surface area contributed by atoms with Gasteiger partial charge in [-0.3, -0.25) is 4.79 Å². The van der Waals surface area contributed by atoms with E-state index in [0.29, 0.717) is 29.8 Å². The maximum absolute atomic E-state index is 12.8. The summed E-state index contributed by atoms with van der Waals surface area (Å²) in [5, 5.41) is 0. The number of carbonyl (C=O) groups is 3. The molecular weight excluding hydrogens is 370 g/mol. The van der Waals surface area contributed by atoms with Crippen molar-refractivity contribution in [1.29, 1.82) is 0 Å². The van der Waals surface area contributed by atoms with Gasteiger partial charge in [0.2, 0.25) is 6.10 Å². The van der Waals surface area contributed by atoms with E-state index in [1.54, 1.807) is 59.5 Å². The van der Waals surface area contributed by atoms with Crippen molar-refractivity contribution in [3.8, 4) is 0 Å². The standard InChI is InChI=1S/C23H25NO5/c1-4-24(5-2)22(26)21(18-9-7-6-8-10-18)29-20(25)16-13-17-11-14-19(15-12-17)23(27)28-3/h6-16,21H,4-5H2,1-3H3/b16-13+/t21-/m0/s1. The van der Waals surface area contributed by atoms with Gasteiger partial charge in [0.25, 0.3) is 5.91 Å². The minimum atomic E-state index is -1.00. The normalized spacial score (nSPS) is 11.7. The Balaban J connectivity index is 2.14. The van der Waals surface area contributed by atoms with E-state index in [4.69, 9.17) is 4.74 Å². The molecule has 1 atom stereocenters. The second kappa shape index (κ2) is 10.8. The molecule has 0 saturated carbocycles. The Labute approximate surface area is 170 Å². The first kappa shape index (κ1) is 21.9. The molecule has 0 radical (unpaired) electrons. The highest BCUT2D eigenvalue weighted by Crippen LogP contribution is 2.21. The van der Waals surface area contributed by atoms with Crippen molar-refractivity contribution in [2.24, 2.45) is 0 Å². The molecule has 0 N–H and O–H groups in total. The first-order chi connectivity index (χ1) is 14.0. The van der Waals surface area contributed by atoms with Crippen molar-refractivity contribution >= 4 is 23.9 Å². The lowest BCUT2D eigenvalue weighted by Gasteiger charge is -2.25. The zero-order valence-corrected chi connectivity index (χ0v) is 16.8. The van der Waals surface area contributed by atoms with Crippen molar-refractivity contribution in [3.63, 3.8) is 0 Å². The lowest BCUT2D eigenvalue weighted by molar-refractivity contribution is -0.157. The number of hydrogen-bond acceptors (Lipinski definition) is 5. The van der Waals surface area contributed by atoms with Gasteiger partial charge in [-0.15, -0.1) is 0 Å².